The number of amides is 1. The van der Waals surface area contributed by atoms with Crippen LogP contribution in [-0.2, 0) is 11.0 Å². The van der Waals surface area contributed by atoms with Crippen LogP contribution in [0.4, 0.5) is 18.9 Å². The van der Waals surface area contributed by atoms with Crippen molar-refractivity contribution in [3.63, 3.8) is 0 Å². The molecule has 8 heteroatoms. The highest BCUT2D eigenvalue weighted by Gasteiger charge is 2.36. The first-order valence-corrected chi connectivity index (χ1v) is 10.1. The van der Waals surface area contributed by atoms with Gasteiger partial charge in [-0.05, 0) is 32.0 Å². The quantitative estimate of drug-likeness (QED) is 0.577. The van der Waals surface area contributed by atoms with Gasteiger partial charge in [0.15, 0.2) is 6.04 Å². The summed E-state index contributed by atoms with van der Waals surface area (Å²) >= 11 is 5.74. The smallest absolute Gasteiger partial charge is 0.339 e. The van der Waals surface area contributed by atoms with Crippen LogP contribution >= 0.6 is 11.6 Å². The highest BCUT2D eigenvalue weighted by molar-refractivity contribution is 6.30. The molecule has 0 aliphatic carbocycles. The maximum Gasteiger partial charge on any atom is 0.418 e. The molecule has 0 fully saturated rings. The van der Waals surface area contributed by atoms with Gasteiger partial charge in [-0.2, -0.15) is 13.2 Å². The van der Waals surface area contributed by atoms with Gasteiger partial charge in [-0.15, -0.1) is 0 Å². The Balaban J connectivity index is 2.29. The van der Waals surface area contributed by atoms with Crippen LogP contribution in [0.15, 0.2) is 48.5 Å². The fourth-order valence-corrected chi connectivity index (χ4v) is 3.76. The van der Waals surface area contributed by atoms with Crippen LogP contribution < -0.4 is 15.5 Å². The second-order valence-electron chi connectivity index (χ2n) is 8.55. The van der Waals surface area contributed by atoms with E-state index in [-0.39, 0.29) is 16.1 Å². The Morgan fingerprint density at radius 2 is 1.77 bits per heavy atom. The van der Waals surface area contributed by atoms with Crippen molar-refractivity contribution in [2.24, 2.45) is 5.41 Å². The molecular formula is C22H29ClF3N3O+2. The summed E-state index contributed by atoms with van der Waals surface area (Å²) in [6, 6.07) is 11.7. The van der Waals surface area contributed by atoms with Gasteiger partial charge in [0.05, 0.1) is 43.9 Å². The van der Waals surface area contributed by atoms with E-state index >= 15 is 0 Å². The van der Waals surface area contributed by atoms with Crippen LogP contribution in [0.5, 0.6) is 0 Å². The van der Waals surface area contributed by atoms with Gasteiger partial charge >= 0.3 is 6.18 Å². The fourth-order valence-electron chi connectivity index (χ4n) is 3.59. The van der Waals surface area contributed by atoms with Gasteiger partial charge in [-0.25, -0.2) is 0 Å². The maximum atomic E-state index is 13.4. The van der Waals surface area contributed by atoms with E-state index in [9.17, 15) is 18.0 Å². The minimum absolute atomic E-state index is 0.0422. The Hall–Kier alpha value is -2.09. The first kappa shape index (κ1) is 24.2. The van der Waals surface area contributed by atoms with Crippen LogP contribution in [-0.4, -0.2) is 33.1 Å². The minimum atomic E-state index is -4.63. The van der Waals surface area contributed by atoms with Crippen molar-refractivity contribution in [3.8, 4) is 0 Å². The molecule has 0 aromatic heterocycles. The third kappa shape index (κ3) is 7.00. The normalized spacial score (nSPS) is 13.4. The van der Waals surface area contributed by atoms with Gasteiger partial charge < -0.3 is 15.5 Å². The molecule has 0 saturated heterocycles. The summed E-state index contributed by atoms with van der Waals surface area (Å²) in [5, 5.41) is 4.31. The van der Waals surface area contributed by atoms with Crippen LogP contribution in [0, 0.1) is 5.41 Å². The Bertz CT molecular complexity index is 854. The zero-order valence-corrected chi connectivity index (χ0v) is 18.4. The molecule has 0 unspecified atom stereocenters. The number of nitrogens with one attached hydrogen (secondary N) is 2. The van der Waals surface area contributed by atoms with Gasteiger partial charge in [0.1, 0.15) is 0 Å². The molecule has 1 atom stereocenters. The first-order valence-electron chi connectivity index (χ1n) is 9.74. The largest absolute Gasteiger partial charge is 0.418 e. The van der Waals surface area contributed by atoms with Crippen LogP contribution in [0.1, 0.15) is 31.0 Å². The predicted octanol–water partition coefficient (Wildman–Crippen LogP) is 2.77. The van der Waals surface area contributed by atoms with Crippen LogP contribution in [0.3, 0.4) is 0 Å². The van der Waals surface area contributed by atoms with Crippen molar-refractivity contribution >= 4 is 23.2 Å². The van der Waals surface area contributed by atoms with Gasteiger partial charge in [0.2, 0.25) is 0 Å². The number of anilines is 1. The van der Waals surface area contributed by atoms with E-state index < -0.39 is 23.7 Å². The number of quaternary nitrogens is 2. The van der Waals surface area contributed by atoms with Crippen molar-refractivity contribution in [1.29, 1.82) is 0 Å². The molecule has 30 heavy (non-hydrogen) atoms. The van der Waals surface area contributed by atoms with Gasteiger partial charge in [0, 0.05) is 10.6 Å². The third-order valence-corrected chi connectivity index (χ3v) is 4.96. The molecule has 0 aliphatic heterocycles. The molecule has 0 saturated carbocycles. The summed E-state index contributed by atoms with van der Waals surface area (Å²) < 4.78 is 40.2. The molecule has 2 rings (SSSR count). The standard InChI is InChI=1S/C22H27ClF3N3O/c1-21(2,14-29(3)4)13-27-19(15-8-6-5-7-9-15)20(30)28-18-11-10-16(23)12-17(18)22(24,25)26/h5-12,19,27H,13-14H2,1-4H3,(H,28,30)/p+2/t19-/m1/s1. The van der Waals surface area contributed by atoms with Gasteiger partial charge in [-0.3, -0.25) is 4.79 Å². The Morgan fingerprint density at radius 3 is 2.33 bits per heavy atom. The van der Waals surface area contributed by atoms with Crippen molar-refractivity contribution in [1.82, 2.24) is 0 Å². The third-order valence-electron chi connectivity index (χ3n) is 4.72. The predicted molar refractivity (Wildman–Crippen MR) is 113 cm³/mol. The van der Waals surface area contributed by atoms with Crippen molar-refractivity contribution in [2.75, 3.05) is 32.5 Å². The second-order valence-corrected chi connectivity index (χ2v) is 8.99. The van der Waals surface area contributed by atoms with Crippen molar-refractivity contribution in [2.45, 2.75) is 26.1 Å². The van der Waals surface area contributed by atoms with E-state index in [1.54, 1.807) is 12.1 Å². The number of carbonyl (C=O) groups is 1. The molecule has 0 bridgehead atoms. The van der Waals surface area contributed by atoms with Gasteiger partial charge in [0.25, 0.3) is 5.91 Å². The summed E-state index contributed by atoms with van der Waals surface area (Å²) in [5.41, 5.74) is -0.607. The molecule has 2 aromatic rings. The number of benzene rings is 2. The summed E-state index contributed by atoms with van der Waals surface area (Å²) in [6.45, 7) is 5.74. The van der Waals surface area contributed by atoms with Crippen molar-refractivity contribution < 1.29 is 28.2 Å². The van der Waals surface area contributed by atoms with Crippen LogP contribution in [0.2, 0.25) is 5.02 Å². The molecule has 4 nitrogen and oxygen atoms in total. The lowest BCUT2D eigenvalue weighted by Gasteiger charge is -2.26. The number of nitrogens with two attached hydrogens (primary N) is 1. The summed E-state index contributed by atoms with van der Waals surface area (Å²) in [6.07, 6.45) is -4.63. The molecule has 0 spiro atoms. The lowest BCUT2D eigenvalue weighted by Crippen LogP contribution is -3.08. The number of alkyl halides is 3. The molecule has 2 aromatic carbocycles. The average Bonchev–Trinajstić information content (AvgIpc) is 2.62. The molecule has 4 N–H and O–H groups in total. The number of hydrogen-bond donors (Lipinski definition) is 3. The topological polar surface area (TPSA) is 50.2 Å². The monoisotopic (exact) mass is 443 g/mol. The minimum Gasteiger partial charge on any atom is -0.339 e. The van der Waals surface area contributed by atoms with E-state index in [4.69, 9.17) is 11.6 Å². The molecular weight excluding hydrogens is 415 g/mol. The fraction of sp³-hybridized carbons (Fsp3) is 0.409. The van der Waals surface area contributed by atoms with E-state index in [0.717, 1.165) is 18.2 Å². The zero-order valence-electron chi connectivity index (χ0n) is 17.6. The number of carbonyl (C=O) groups excluding carboxylic acids is 1. The summed E-state index contributed by atoms with van der Waals surface area (Å²) in [7, 11) is 4.12. The maximum absolute atomic E-state index is 13.4. The number of rotatable bonds is 8. The average molecular weight is 444 g/mol. The highest BCUT2D eigenvalue weighted by Crippen LogP contribution is 2.36. The molecule has 164 valence electrons. The number of hydrogen-bond acceptors (Lipinski definition) is 1. The SMILES string of the molecule is C[NH+](C)CC(C)(C)C[NH2+][C@@H](C(=O)Nc1ccc(Cl)cc1C(F)(F)F)c1ccccc1. The van der Waals surface area contributed by atoms with E-state index in [0.29, 0.717) is 6.54 Å². The molecule has 0 aliphatic rings. The lowest BCUT2D eigenvalue weighted by molar-refractivity contribution is -0.869. The lowest BCUT2D eigenvalue weighted by atomic mass is 9.92. The highest BCUT2D eigenvalue weighted by atomic mass is 35.5. The Kier molecular flexibility index (Phi) is 7.91. The Labute approximate surface area is 180 Å². The second kappa shape index (κ2) is 9.81. The van der Waals surface area contributed by atoms with Gasteiger partial charge in [-0.1, -0.05) is 41.9 Å². The zero-order chi connectivity index (χ0) is 22.5. The van der Waals surface area contributed by atoms with E-state index in [1.165, 1.54) is 17.0 Å². The molecule has 0 radical (unpaired) electrons. The Morgan fingerprint density at radius 1 is 1.13 bits per heavy atom. The number of halogens is 4. The molecule has 1 amide bonds. The first-order chi connectivity index (χ1) is 13.9. The summed E-state index contributed by atoms with van der Waals surface area (Å²) in [5.74, 6) is -0.512. The molecule has 0 heterocycles. The summed E-state index contributed by atoms with van der Waals surface area (Å²) in [4.78, 5) is 14.4. The van der Waals surface area contributed by atoms with E-state index in [1.807, 2.05) is 23.5 Å². The van der Waals surface area contributed by atoms with Crippen LogP contribution in [0.25, 0.3) is 0 Å². The van der Waals surface area contributed by atoms with Crippen molar-refractivity contribution in [3.05, 3.63) is 64.7 Å². The van der Waals surface area contributed by atoms with E-state index in [2.05, 4.69) is 33.3 Å².